The van der Waals surface area contributed by atoms with E-state index >= 15 is 0 Å². The maximum absolute atomic E-state index is 12.2. The van der Waals surface area contributed by atoms with Gasteiger partial charge in [0, 0.05) is 4.47 Å². The number of carbonyl (C=O) groups is 1. The maximum atomic E-state index is 12.2. The van der Waals surface area contributed by atoms with Crippen LogP contribution in [0.5, 0.6) is 5.75 Å². The molecule has 1 N–H and O–H groups in total. The molecule has 0 saturated heterocycles. The van der Waals surface area contributed by atoms with E-state index in [1.54, 1.807) is 6.08 Å². The number of carbonyl (C=O) groups excluding carboxylic acids is 1. The first-order chi connectivity index (χ1) is 9.97. The molecule has 0 aliphatic carbocycles. The molecule has 2 aromatic carbocycles. The first-order valence-corrected chi connectivity index (χ1v) is 7.08. The van der Waals surface area contributed by atoms with Crippen molar-refractivity contribution in [1.82, 2.24) is 0 Å². The summed E-state index contributed by atoms with van der Waals surface area (Å²) in [5.74, 6) is -0.970. The Labute approximate surface area is 130 Å². The number of rotatable bonds is 3. The standard InChI is InChI=1S/C17H13BrO3/c1-11-3-2-4-12(9-11)5-7-15(19)14-10-13(18)6-8-16(20)17(14)21/h2-10H,1H3,(H,20,21)/b7-5+. The van der Waals surface area contributed by atoms with Crippen LogP contribution in [0, 0.1) is 6.92 Å². The monoisotopic (exact) mass is 344 g/mol. The normalized spacial score (nSPS) is 10.8. The van der Waals surface area contributed by atoms with Crippen LogP contribution in [0.25, 0.3) is 6.08 Å². The first kappa shape index (κ1) is 15.2. The Morgan fingerprint density at radius 2 is 1.95 bits per heavy atom. The molecule has 0 bridgehead atoms. The average molecular weight is 345 g/mol. The average Bonchev–Trinajstić information content (AvgIpc) is 2.58. The molecule has 0 heterocycles. The van der Waals surface area contributed by atoms with Crippen LogP contribution in [0.4, 0.5) is 0 Å². The molecule has 0 amide bonds. The van der Waals surface area contributed by atoms with Gasteiger partial charge in [-0.1, -0.05) is 51.8 Å². The molecular weight excluding hydrogens is 332 g/mol. The third-order valence-corrected chi connectivity index (χ3v) is 3.39. The van der Waals surface area contributed by atoms with Gasteiger partial charge in [0.15, 0.2) is 11.5 Å². The van der Waals surface area contributed by atoms with E-state index in [9.17, 15) is 14.7 Å². The van der Waals surface area contributed by atoms with E-state index in [0.29, 0.717) is 4.47 Å². The van der Waals surface area contributed by atoms with Gasteiger partial charge < -0.3 is 5.11 Å². The summed E-state index contributed by atoms with van der Waals surface area (Å²) in [6.07, 6.45) is 3.00. The Bertz CT molecular complexity index is 779. The molecule has 0 aliphatic rings. The Kier molecular flexibility index (Phi) is 4.70. The van der Waals surface area contributed by atoms with Crippen LogP contribution in [-0.4, -0.2) is 10.9 Å². The van der Waals surface area contributed by atoms with Crippen LogP contribution >= 0.6 is 15.9 Å². The summed E-state index contributed by atoms with van der Waals surface area (Å²) >= 11 is 3.21. The highest BCUT2D eigenvalue weighted by Gasteiger charge is 2.10. The van der Waals surface area contributed by atoms with Gasteiger partial charge in [0.1, 0.15) is 0 Å². The molecular formula is C17H13BrO3. The highest BCUT2D eigenvalue weighted by molar-refractivity contribution is 9.10. The zero-order valence-corrected chi connectivity index (χ0v) is 12.9. The van der Waals surface area contributed by atoms with Crippen molar-refractivity contribution in [2.24, 2.45) is 0 Å². The summed E-state index contributed by atoms with van der Waals surface area (Å²) in [7, 11) is 0. The van der Waals surface area contributed by atoms with Crippen molar-refractivity contribution in [3.63, 3.8) is 0 Å². The summed E-state index contributed by atoms with van der Waals surface area (Å²) in [5, 5.41) is 9.81. The molecule has 2 rings (SSSR count). The van der Waals surface area contributed by atoms with E-state index in [4.69, 9.17) is 0 Å². The first-order valence-electron chi connectivity index (χ1n) is 6.29. The van der Waals surface area contributed by atoms with E-state index in [1.165, 1.54) is 24.3 Å². The van der Waals surface area contributed by atoms with Crippen LogP contribution in [0.1, 0.15) is 21.5 Å². The maximum Gasteiger partial charge on any atom is 0.220 e. The Morgan fingerprint density at radius 1 is 1.19 bits per heavy atom. The number of hydrogen-bond acceptors (Lipinski definition) is 3. The van der Waals surface area contributed by atoms with Crippen molar-refractivity contribution in [3.05, 3.63) is 79.9 Å². The van der Waals surface area contributed by atoms with Gasteiger partial charge in [-0.3, -0.25) is 9.59 Å². The summed E-state index contributed by atoms with van der Waals surface area (Å²) < 4.78 is 0.548. The lowest BCUT2D eigenvalue weighted by Crippen LogP contribution is -2.01. The fraction of sp³-hybridized carbons (Fsp3) is 0.0588. The van der Waals surface area contributed by atoms with E-state index in [-0.39, 0.29) is 5.56 Å². The van der Waals surface area contributed by atoms with Gasteiger partial charge in [-0.05, 0) is 36.8 Å². The van der Waals surface area contributed by atoms with Crippen molar-refractivity contribution < 1.29 is 9.90 Å². The van der Waals surface area contributed by atoms with Crippen molar-refractivity contribution in [1.29, 1.82) is 0 Å². The van der Waals surface area contributed by atoms with Gasteiger partial charge >= 0.3 is 0 Å². The minimum atomic E-state index is -0.590. The number of hydrogen-bond donors (Lipinski definition) is 1. The lowest BCUT2D eigenvalue weighted by molar-refractivity contribution is 0.104. The van der Waals surface area contributed by atoms with Gasteiger partial charge in [0.25, 0.3) is 0 Å². The number of aromatic hydroxyl groups is 1. The highest BCUT2D eigenvalue weighted by atomic mass is 79.9. The predicted molar refractivity (Wildman–Crippen MR) is 86.6 cm³/mol. The molecule has 4 heteroatoms. The number of ketones is 1. The molecule has 0 unspecified atom stereocenters. The topological polar surface area (TPSA) is 54.4 Å². The van der Waals surface area contributed by atoms with Crippen LogP contribution in [-0.2, 0) is 0 Å². The Hall–Kier alpha value is -2.20. The van der Waals surface area contributed by atoms with E-state index in [0.717, 1.165) is 11.1 Å². The van der Waals surface area contributed by atoms with Crippen molar-refractivity contribution >= 4 is 27.8 Å². The fourth-order valence-corrected chi connectivity index (χ4v) is 2.21. The summed E-state index contributed by atoms with van der Waals surface area (Å²) in [4.78, 5) is 23.7. The zero-order chi connectivity index (χ0) is 15.4. The largest absolute Gasteiger partial charge is 0.504 e. The number of allylic oxidation sites excluding steroid dienone is 1. The molecule has 0 radical (unpaired) electrons. The van der Waals surface area contributed by atoms with Gasteiger partial charge in [0.05, 0.1) is 5.56 Å². The Morgan fingerprint density at radius 3 is 2.67 bits per heavy atom. The van der Waals surface area contributed by atoms with Crippen LogP contribution < -0.4 is 5.43 Å². The lowest BCUT2D eigenvalue weighted by atomic mass is 10.1. The number of benzene rings is 1. The smallest absolute Gasteiger partial charge is 0.220 e. The van der Waals surface area contributed by atoms with E-state index in [2.05, 4.69) is 15.9 Å². The van der Waals surface area contributed by atoms with E-state index in [1.807, 2.05) is 31.2 Å². The van der Waals surface area contributed by atoms with Crippen LogP contribution in [0.2, 0.25) is 0 Å². The summed E-state index contributed by atoms with van der Waals surface area (Å²) in [6, 6.07) is 11.8. The fourth-order valence-electron chi connectivity index (χ4n) is 1.84. The highest BCUT2D eigenvalue weighted by Crippen LogP contribution is 2.17. The second-order valence-electron chi connectivity index (χ2n) is 4.60. The van der Waals surface area contributed by atoms with Gasteiger partial charge in [-0.25, -0.2) is 0 Å². The Balaban J connectivity index is 2.38. The molecule has 0 atom stereocenters. The third-order valence-electron chi connectivity index (χ3n) is 2.90. The molecule has 21 heavy (non-hydrogen) atoms. The van der Waals surface area contributed by atoms with Crippen LogP contribution in [0.3, 0.4) is 0 Å². The van der Waals surface area contributed by atoms with Crippen LogP contribution in [0.15, 0.2) is 57.8 Å². The summed E-state index contributed by atoms with van der Waals surface area (Å²) in [5.41, 5.74) is 1.35. The SMILES string of the molecule is Cc1cccc(/C=C/C(=O)c2cc(Br)ccc(=O)c2O)c1. The number of aryl methyl sites for hydroxylation is 1. The zero-order valence-electron chi connectivity index (χ0n) is 11.3. The molecule has 3 nitrogen and oxygen atoms in total. The van der Waals surface area contributed by atoms with Crippen molar-refractivity contribution in [2.75, 3.05) is 0 Å². The molecule has 0 aromatic heterocycles. The molecule has 0 saturated carbocycles. The van der Waals surface area contributed by atoms with E-state index < -0.39 is 17.0 Å². The molecule has 0 fully saturated rings. The van der Waals surface area contributed by atoms with Crippen molar-refractivity contribution in [3.8, 4) is 5.75 Å². The van der Waals surface area contributed by atoms with Gasteiger partial charge in [-0.15, -0.1) is 0 Å². The molecule has 106 valence electrons. The van der Waals surface area contributed by atoms with Crippen molar-refractivity contribution in [2.45, 2.75) is 6.92 Å². The molecule has 0 spiro atoms. The number of halogens is 1. The minimum Gasteiger partial charge on any atom is -0.504 e. The quantitative estimate of drug-likeness (QED) is 0.681. The minimum absolute atomic E-state index is 0.0271. The predicted octanol–water partition coefficient (Wildman–Crippen LogP) is 3.72. The van der Waals surface area contributed by atoms with Gasteiger partial charge in [0.2, 0.25) is 5.43 Å². The molecule has 2 aromatic rings. The second kappa shape index (κ2) is 6.50. The summed E-state index contributed by atoms with van der Waals surface area (Å²) in [6.45, 7) is 1.96. The second-order valence-corrected chi connectivity index (χ2v) is 5.52. The lowest BCUT2D eigenvalue weighted by Gasteiger charge is -1.97. The molecule has 0 aliphatic heterocycles. The van der Waals surface area contributed by atoms with Gasteiger partial charge in [-0.2, -0.15) is 0 Å². The third kappa shape index (κ3) is 3.89.